The second-order valence-electron chi connectivity index (χ2n) is 5.67. The number of rotatable bonds is 5. The lowest BCUT2D eigenvalue weighted by Gasteiger charge is -2.00. The van der Waals surface area contributed by atoms with Crippen LogP contribution < -0.4 is 5.32 Å². The zero-order valence-electron chi connectivity index (χ0n) is 13.7. The average molecular weight is 342 g/mol. The number of aromatic nitrogens is 3. The molecule has 24 heavy (non-hydrogen) atoms. The summed E-state index contributed by atoms with van der Waals surface area (Å²) in [6, 6.07) is 9.51. The Bertz CT molecular complexity index is 839. The highest BCUT2D eigenvalue weighted by molar-refractivity contribution is 7.13. The third-order valence-corrected chi connectivity index (χ3v) is 4.86. The van der Waals surface area contributed by atoms with E-state index in [0.717, 1.165) is 16.3 Å². The van der Waals surface area contributed by atoms with Gasteiger partial charge in [0, 0.05) is 11.5 Å². The Morgan fingerprint density at radius 3 is 2.67 bits per heavy atom. The van der Waals surface area contributed by atoms with Crippen LogP contribution in [0.3, 0.4) is 0 Å². The van der Waals surface area contributed by atoms with Crippen molar-refractivity contribution in [2.75, 3.05) is 0 Å². The molecule has 1 N–H and O–H groups in total. The highest BCUT2D eigenvalue weighted by atomic mass is 32.1. The second kappa shape index (κ2) is 6.92. The van der Waals surface area contributed by atoms with E-state index in [1.807, 2.05) is 37.3 Å². The first-order valence-corrected chi connectivity index (χ1v) is 8.49. The van der Waals surface area contributed by atoms with Crippen LogP contribution >= 0.6 is 11.3 Å². The summed E-state index contributed by atoms with van der Waals surface area (Å²) in [5, 5.41) is 11.7. The third kappa shape index (κ3) is 3.51. The minimum atomic E-state index is -0.170. The molecule has 6 nitrogen and oxygen atoms in total. The molecule has 0 unspecified atom stereocenters. The van der Waals surface area contributed by atoms with Crippen LogP contribution in [0.1, 0.15) is 46.0 Å². The van der Waals surface area contributed by atoms with Gasteiger partial charge in [0.05, 0.1) is 17.2 Å². The molecule has 0 saturated heterocycles. The largest absolute Gasteiger partial charge is 0.419 e. The molecule has 1 aromatic carbocycles. The number of carbonyl (C=O) groups excluding carboxylic acids is 1. The molecule has 1 amide bonds. The Balaban J connectivity index is 1.66. The third-order valence-electron chi connectivity index (χ3n) is 3.40. The summed E-state index contributed by atoms with van der Waals surface area (Å²) in [6.45, 7) is 6.15. The van der Waals surface area contributed by atoms with Crippen LogP contribution in [0, 0.1) is 6.92 Å². The Hall–Kier alpha value is -2.54. The van der Waals surface area contributed by atoms with Gasteiger partial charge >= 0.3 is 0 Å². The number of thiazole rings is 1. The maximum atomic E-state index is 12.3. The molecule has 0 bridgehead atoms. The predicted octanol–water partition coefficient (Wildman–Crippen LogP) is 3.55. The summed E-state index contributed by atoms with van der Waals surface area (Å²) in [5.74, 6) is 0.945. The van der Waals surface area contributed by atoms with E-state index in [0.29, 0.717) is 22.6 Å². The van der Waals surface area contributed by atoms with Crippen LogP contribution in [0.15, 0.2) is 34.7 Å². The van der Waals surface area contributed by atoms with Gasteiger partial charge in [0.2, 0.25) is 11.8 Å². The summed E-state index contributed by atoms with van der Waals surface area (Å²) in [5.41, 5.74) is 1.60. The number of hydrogen-bond donors (Lipinski definition) is 1. The molecule has 0 saturated carbocycles. The van der Waals surface area contributed by atoms with Gasteiger partial charge in [0.15, 0.2) is 0 Å². The predicted molar refractivity (Wildman–Crippen MR) is 91.8 cm³/mol. The standard InChI is InChI=1S/C17H18N4O2S/c1-10(2)17-19-11(3)14(24-17)15(22)18-9-13-20-21-16(23-13)12-7-5-4-6-8-12/h4-8,10H,9H2,1-3H3,(H,18,22). The van der Waals surface area contributed by atoms with Crippen molar-refractivity contribution in [3.63, 3.8) is 0 Å². The summed E-state index contributed by atoms with van der Waals surface area (Å²) >= 11 is 1.42. The van der Waals surface area contributed by atoms with Gasteiger partial charge < -0.3 is 9.73 Å². The molecule has 0 radical (unpaired) electrons. The Morgan fingerprint density at radius 1 is 1.25 bits per heavy atom. The Morgan fingerprint density at radius 2 is 2.00 bits per heavy atom. The maximum absolute atomic E-state index is 12.3. The van der Waals surface area contributed by atoms with Gasteiger partial charge in [-0.2, -0.15) is 0 Å². The van der Waals surface area contributed by atoms with Crippen LogP contribution in [0.2, 0.25) is 0 Å². The van der Waals surface area contributed by atoms with Crippen molar-refractivity contribution >= 4 is 17.2 Å². The molecule has 0 aliphatic carbocycles. The molecule has 2 heterocycles. The first-order valence-electron chi connectivity index (χ1n) is 7.68. The molecule has 2 aromatic heterocycles. The number of aryl methyl sites for hydroxylation is 1. The molecule has 124 valence electrons. The van der Waals surface area contributed by atoms with Crippen LogP contribution in [-0.4, -0.2) is 21.1 Å². The molecule has 0 aliphatic rings. The summed E-state index contributed by atoms with van der Waals surface area (Å²) < 4.78 is 5.58. The molecular formula is C17H18N4O2S. The van der Waals surface area contributed by atoms with E-state index in [1.54, 1.807) is 0 Å². The fraction of sp³-hybridized carbons (Fsp3) is 0.294. The summed E-state index contributed by atoms with van der Waals surface area (Å²) in [6.07, 6.45) is 0. The molecule has 3 rings (SSSR count). The van der Waals surface area contributed by atoms with Crippen molar-refractivity contribution < 1.29 is 9.21 Å². The number of benzene rings is 1. The van der Waals surface area contributed by atoms with Crippen molar-refractivity contribution in [2.45, 2.75) is 33.2 Å². The monoisotopic (exact) mass is 342 g/mol. The minimum absolute atomic E-state index is 0.170. The number of nitrogens with zero attached hydrogens (tertiary/aromatic N) is 3. The lowest BCUT2D eigenvalue weighted by atomic mass is 10.2. The number of hydrogen-bond acceptors (Lipinski definition) is 6. The fourth-order valence-corrected chi connectivity index (χ4v) is 3.12. The Kier molecular flexibility index (Phi) is 4.71. The van der Waals surface area contributed by atoms with E-state index >= 15 is 0 Å². The van der Waals surface area contributed by atoms with Crippen LogP contribution in [-0.2, 0) is 6.54 Å². The van der Waals surface area contributed by atoms with Crippen molar-refractivity contribution in [3.8, 4) is 11.5 Å². The van der Waals surface area contributed by atoms with Gasteiger partial charge in [-0.1, -0.05) is 32.0 Å². The van der Waals surface area contributed by atoms with Gasteiger partial charge in [0.25, 0.3) is 5.91 Å². The van der Waals surface area contributed by atoms with E-state index in [1.165, 1.54) is 11.3 Å². The topological polar surface area (TPSA) is 80.9 Å². The van der Waals surface area contributed by atoms with Crippen molar-refractivity contribution in [1.82, 2.24) is 20.5 Å². The zero-order valence-corrected chi connectivity index (χ0v) is 14.6. The van der Waals surface area contributed by atoms with E-state index in [4.69, 9.17) is 4.42 Å². The van der Waals surface area contributed by atoms with Gasteiger partial charge in [0.1, 0.15) is 4.88 Å². The van der Waals surface area contributed by atoms with Gasteiger partial charge in [-0.15, -0.1) is 21.5 Å². The molecule has 7 heteroatoms. The second-order valence-corrected chi connectivity index (χ2v) is 6.70. The van der Waals surface area contributed by atoms with Crippen LogP contribution in [0.4, 0.5) is 0 Å². The molecule has 0 aliphatic heterocycles. The SMILES string of the molecule is Cc1nc(C(C)C)sc1C(=O)NCc1nnc(-c2ccccc2)o1. The van der Waals surface area contributed by atoms with E-state index in [9.17, 15) is 4.79 Å². The van der Waals surface area contributed by atoms with Gasteiger partial charge in [-0.25, -0.2) is 4.98 Å². The first-order chi connectivity index (χ1) is 11.5. The summed E-state index contributed by atoms with van der Waals surface area (Å²) in [7, 11) is 0. The average Bonchev–Trinajstić information content (AvgIpc) is 3.20. The highest BCUT2D eigenvalue weighted by Gasteiger charge is 2.17. The smallest absolute Gasteiger partial charge is 0.263 e. The normalized spacial score (nSPS) is 11.0. The van der Waals surface area contributed by atoms with Crippen molar-refractivity contribution in [2.24, 2.45) is 0 Å². The molecule has 3 aromatic rings. The maximum Gasteiger partial charge on any atom is 0.263 e. The highest BCUT2D eigenvalue weighted by Crippen LogP contribution is 2.24. The van der Waals surface area contributed by atoms with E-state index < -0.39 is 0 Å². The zero-order chi connectivity index (χ0) is 17.1. The van der Waals surface area contributed by atoms with Gasteiger partial charge in [-0.05, 0) is 19.1 Å². The molecular weight excluding hydrogens is 324 g/mol. The number of carbonyl (C=O) groups is 1. The summed E-state index contributed by atoms with van der Waals surface area (Å²) in [4.78, 5) is 17.4. The quantitative estimate of drug-likeness (QED) is 0.767. The lowest BCUT2D eigenvalue weighted by Crippen LogP contribution is -2.22. The van der Waals surface area contributed by atoms with Crippen LogP contribution in [0.25, 0.3) is 11.5 Å². The van der Waals surface area contributed by atoms with E-state index in [-0.39, 0.29) is 12.5 Å². The minimum Gasteiger partial charge on any atom is -0.419 e. The van der Waals surface area contributed by atoms with Crippen LogP contribution in [0.5, 0.6) is 0 Å². The number of amides is 1. The van der Waals surface area contributed by atoms with Crippen molar-refractivity contribution in [1.29, 1.82) is 0 Å². The molecule has 0 fully saturated rings. The van der Waals surface area contributed by atoms with Gasteiger partial charge in [-0.3, -0.25) is 4.79 Å². The van der Waals surface area contributed by atoms with Crippen molar-refractivity contribution in [3.05, 3.63) is 51.8 Å². The number of nitrogens with one attached hydrogen (secondary N) is 1. The fourth-order valence-electron chi connectivity index (χ4n) is 2.13. The lowest BCUT2D eigenvalue weighted by molar-refractivity contribution is 0.0950. The van der Waals surface area contributed by atoms with E-state index in [2.05, 4.69) is 34.3 Å². The Labute approximate surface area is 144 Å². The molecule has 0 spiro atoms. The molecule has 0 atom stereocenters. The first kappa shape index (κ1) is 16.3.